The van der Waals surface area contributed by atoms with Gasteiger partial charge < -0.3 is 0 Å². The van der Waals surface area contributed by atoms with E-state index in [9.17, 15) is 18.7 Å². The maximum atomic E-state index is 11.3. The van der Waals surface area contributed by atoms with Crippen LogP contribution in [0.25, 0.3) is 0 Å². The van der Waals surface area contributed by atoms with Gasteiger partial charge in [0.1, 0.15) is 0 Å². The van der Waals surface area contributed by atoms with Crippen LogP contribution in [0, 0.1) is 0 Å². The minimum absolute atomic E-state index is 0. The molecule has 0 aliphatic carbocycles. The monoisotopic (exact) mass is 137 g/mol. The molecule has 0 aromatic heterocycles. The second kappa shape index (κ2) is 4.23. The molecule has 4 heteroatoms. The Labute approximate surface area is 51.5 Å². The van der Waals surface area contributed by atoms with Gasteiger partial charge >= 0.3 is 5.97 Å². The van der Waals surface area contributed by atoms with E-state index in [1.54, 1.807) is 0 Å². The third-order valence-corrected chi connectivity index (χ3v) is 0.803. The molecule has 0 aromatic carbocycles. The lowest BCUT2D eigenvalue weighted by Crippen LogP contribution is -1.95. The van der Waals surface area contributed by atoms with E-state index in [0.717, 1.165) is 0 Å². The van der Waals surface area contributed by atoms with Gasteiger partial charge in [-0.05, 0) is 6.42 Å². The van der Waals surface area contributed by atoms with E-state index >= 15 is 0 Å². The van der Waals surface area contributed by atoms with Crippen LogP contribution in [0.3, 0.4) is 0 Å². The van der Waals surface area contributed by atoms with Crippen LogP contribution in [0.1, 0.15) is 19.3 Å². The molecule has 0 spiro atoms. The summed E-state index contributed by atoms with van der Waals surface area (Å²) in [5.41, 5.74) is 0. The first-order valence-corrected chi connectivity index (χ1v) is 2.61. The Hall–Kier alpha value is -0.670. The van der Waals surface area contributed by atoms with E-state index < -0.39 is 12.4 Å². The van der Waals surface area contributed by atoms with Crippen molar-refractivity contribution in [2.45, 2.75) is 25.7 Å². The van der Waals surface area contributed by atoms with Crippen molar-refractivity contribution in [3.05, 3.63) is 0 Å². The van der Waals surface area contributed by atoms with Crippen LogP contribution in [0.15, 0.2) is 0 Å². The van der Waals surface area contributed by atoms with Gasteiger partial charge in [-0.1, -0.05) is 0 Å². The van der Waals surface area contributed by atoms with Crippen LogP contribution < -0.4 is 0 Å². The molecule has 0 aliphatic heterocycles. The molecular formula is C5H7F2O2. The van der Waals surface area contributed by atoms with Gasteiger partial charge in [0.2, 0.25) is 6.43 Å². The molecule has 0 aromatic rings. The molecule has 0 unspecified atom stereocenters. The van der Waals surface area contributed by atoms with Crippen LogP contribution in [0.2, 0.25) is 0 Å². The highest BCUT2D eigenvalue weighted by molar-refractivity contribution is 5.66. The van der Waals surface area contributed by atoms with Crippen molar-refractivity contribution in [3.8, 4) is 0 Å². The zero-order valence-electron chi connectivity index (χ0n) is 4.77. The summed E-state index contributed by atoms with van der Waals surface area (Å²) in [6.45, 7) is 0. The Kier molecular flexibility index (Phi) is 3.92. The number of hydrogen-bond donors (Lipinski definition) is 0. The summed E-state index contributed by atoms with van der Waals surface area (Å²) in [6.07, 6.45) is -3.03. The van der Waals surface area contributed by atoms with Crippen molar-refractivity contribution in [2.75, 3.05) is 0 Å². The second-order valence-electron chi connectivity index (χ2n) is 1.66. The zero-order chi connectivity index (χ0) is 7.28. The van der Waals surface area contributed by atoms with Gasteiger partial charge in [0, 0.05) is 6.42 Å². The summed E-state index contributed by atoms with van der Waals surface area (Å²) < 4.78 is 22.5. The molecule has 0 atom stereocenters. The van der Waals surface area contributed by atoms with Gasteiger partial charge in [0.05, 0.1) is 6.42 Å². The summed E-state index contributed by atoms with van der Waals surface area (Å²) in [5.74, 6) is -1.27. The lowest BCUT2D eigenvalue weighted by atomic mass is 10.2. The highest BCUT2D eigenvalue weighted by atomic mass is 19.3. The van der Waals surface area contributed by atoms with E-state index in [1.165, 1.54) is 0 Å². The lowest BCUT2D eigenvalue weighted by Gasteiger charge is -1.92. The fourth-order valence-electron chi connectivity index (χ4n) is 0.401. The molecule has 0 saturated heterocycles. The van der Waals surface area contributed by atoms with Crippen molar-refractivity contribution in [2.24, 2.45) is 0 Å². The third-order valence-electron chi connectivity index (χ3n) is 0.803. The summed E-state index contributed by atoms with van der Waals surface area (Å²) in [6, 6.07) is 0. The van der Waals surface area contributed by atoms with Gasteiger partial charge in [0.25, 0.3) is 0 Å². The molecule has 0 N–H and O–H groups in total. The van der Waals surface area contributed by atoms with E-state index in [1.807, 2.05) is 0 Å². The summed E-state index contributed by atoms with van der Waals surface area (Å²) in [7, 11) is 0. The molecule has 9 heavy (non-hydrogen) atoms. The first kappa shape index (κ1) is 8.33. The molecule has 0 saturated carbocycles. The Morgan fingerprint density at radius 1 is 1.44 bits per heavy atom. The molecule has 53 valence electrons. The van der Waals surface area contributed by atoms with Crippen molar-refractivity contribution < 1.29 is 18.7 Å². The number of rotatable bonds is 4. The number of hydrogen-bond acceptors (Lipinski definition) is 1. The Bertz CT molecular complexity index is 93.0. The van der Waals surface area contributed by atoms with E-state index in [4.69, 9.17) is 0 Å². The average molecular weight is 137 g/mol. The number of carbonyl (C=O) groups is 1. The average Bonchev–Trinajstić information content (AvgIpc) is 1.63. The summed E-state index contributed by atoms with van der Waals surface area (Å²) in [5, 5.41) is 9.62. The maximum absolute atomic E-state index is 11.3. The molecule has 0 amide bonds. The van der Waals surface area contributed by atoms with Crippen molar-refractivity contribution in [1.29, 1.82) is 0 Å². The molecule has 0 fully saturated rings. The second-order valence-corrected chi connectivity index (χ2v) is 1.66. The smallest absolute Gasteiger partial charge is 0.247 e. The van der Waals surface area contributed by atoms with Crippen LogP contribution in [-0.4, -0.2) is 12.4 Å². The molecule has 0 aliphatic rings. The van der Waals surface area contributed by atoms with Crippen molar-refractivity contribution in [3.63, 3.8) is 0 Å². The fraction of sp³-hybridized carbons (Fsp3) is 0.800. The molecule has 0 rings (SSSR count). The van der Waals surface area contributed by atoms with Crippen LogP contribution in [0.4, 0.5) is 8.78 Å². The van der Waals surface area contributed by atoms with Crippen LogP contribution >= 0.6 is 0 Å². The SMILES string of the molecule is [O]C(=O)CCCC(F)F. The van der Waals surface area contributed by atoms with Crippen LogP contribution in [0.5, 0.6) is 0 Å². The third kappa shape index (κ3) is 7.33. The first-order valence-electron chi connectivity index (χ1n) is 2.61. The number of alkyl halides is 2. The topological polar surface area (TPSA) is 37.0 Å². The standard InChI is InChI=1S/C5H7F2O2/c6-4(7)2-1-3-5(8)9/h4H,1-3H2. The number of halogens is 2. The molecule has 0 heterocycles. The maximum Gasteiger partial charge on any atom is 0.355 e. The zero-order valence-corrected chi connectivity index (χ0v) is 4.77. The quantitative estimate of drug-likeness (QED) is 0.576. The largest absolute Gasteiger partial charge is 0.355 e. The minimum Gasteiger partial charge on any atom is -0.247 e. The molecule has 2 nitrogen and oxygen atoms in total. The van der Waals surface area contributed by atoms with E-state index in [2.05, 4.69) is 0 Å². The van der Waals surface area contributed by atoms with Gasteiger partial charge in [-0.2, -0.15) is 0 Å². The van der Waals surface area contributed by atoms with E-state index in [-0.39, 0.29) is 19.3 Å². The first-order chi connectivity index (χ1) is 4.13. The Balaban J connectivity index is 3.01. The predicted molar refractivity (Wildman–Crippen MR) is 25.5 cm³/mol. The minimum atomic E-state index is -2.40. The van der Waals surface area contributed by atoms with Gasteiger partial charge in [-0.3, -0.25) is 0 Å². The van der Waals surface area contributed by atoms with E-state index in [0.29, 0.717) is 0 Å². The number of carbonyl (C=O) groups excluding carboxylic acids is 1. The highest BCUT2D eigenvalue weighted by Gasteiger charge is 2.04. The predicted octanol–water partition coefficient (Wildman–Crippen LogP) is 1.38. The fourth-order valence-corrected chi connectivity index (χ4v) is 0.401. The lowest BCUT2D eigenvalue weighted by molar-refractivity contribution is -0.143. The molecule has 0 bridgehead atoms. The van der Waals surface area contributed by atoms with Gasteiger partial charge in [0.15, 0.2) is 0 Å². The highest BCUT2D eigenvalue weighted by Crippen LogP contribution is 2.04. The summed E-state index contributed by atoms with van der Waals surface area (Å²) >= 11 is 0. The normalized spacial score (nSPS) is 10.1. The molecule has 1 radical (unpaired) electrons. The van der Waals surface area contributed by atoms with Gasteiger partial charge in [-0.25, -0.2) is 18.7 Å². The van der Waals surface area contributed by atoms with Crippen molar-refractivity contribution >= 4 is 5.97 Å². The summed E-state index contributed by atoms with van der Waals surface area (Å²) in [4.78, 5) is 9.62. The Morgan fingerprint density at radius 2 is 2.00 bits per heavy atom. The van der Waals surface area contributed by atoms with Crippen molar-refractivity contribution in [1.82, 2.24) is 0 Å². The van der Waals surface area contributed by atoms with Crippen LogP contribution in [-0.2, 0) is 9.90 Å². The molecular weight excluding hydrogens is 130 g/mol. The Morgan fingerprint density at radius 3 is 2.33 bits per heavy atom. The van der Waals surface area contributed by atoms with Gasteiger partial charge in [-0.15, -0.1) is 0 Å².